The van der Waals surface area contributed by atoms with Gasteiger partial charge in [-0.05, 0) is 66.1 Å². The Bertz CT molecular complexity index is 1210. The highest BCUT2D eigenvalue weighted by Crippen LogP contribution is 2.34. The molecule has 0 saturated carbocycles. The number of hydrogen-bond acceptors (Lipinski definition) is 5. The number of furan rings is 1. The minimum absolute atomic E-state index is 0.111. The fourth-order valence-electron chi connectivity index (χ4n) is 3.19. The molecule has 0 radical (unpaired) electrons. The first-order valence-electron chi connectivity index (χ1n) is 10.2. The lowest BCUT2D eigenvalue weighted by Crippen LogP contribution is -2.28. The number of carbonyl (C=O) groups excluding carboxylic acids is 1. The quantitative estimate of drug-likeness (QED) is 0.262. The molecule has 4 rings (SSSR count). The van der Waals surface area contributed by atoms with Crippen molar-refractivity contribution in [1.29, 1.82) is 0 Å². The molecule has 1 aromatic heterocycles. The van der Waals surface area contributed by atoms with E-state index in [1.807, 2.05) is 86.7 Å². The van der Waals surface area contributed by atoms with Gasteiger partial charge in [0.1, 0.15) is 5.76 Å². The van der Waals surface area contributed by atoms with Crippen molar-refractivity contribution < 1.29 is 9.21 Å². The summed E-state index contributed by atoms with van der Waals surface area (Å²) < 4.78 is 5.45. The molecular formula is C26H23N3O2S. The van der Waals surface area contributed by atoms with Crippen molar-refractivity contribution in [3.05, 3.63) is 106 Å². The van der Waals surface area contributed by atoms with Gasteiger partial charge in [0.2, 0.25) is 0 Å². The van der Waals surface area contributed by atoms with E-state index in [0.717, 1.165) is 22.3 Å². The number of aryl methyl sites for hydroxylation is 1. The molecule has 1 saturated heterocycles. The maximum atomic E-state index is 13.1. The van der Waals surface area contributed by atoms with Crippen LogP contribution in [-0.2, 0) is 11.3 Å². The number of nitrogens with zero attached hydrogens (tertiary/aromatic N) is 3. The maximum absolute atomic E-state index is 13.1. The minimum atomic E-state index is -0.111. The van der Waals surface area contributed by atoms with Gasteiger partial charge in [-0.3, -0.25) is 9.69 Å². The molecule has 2 aromatic carbocycles. The van der Waals surface area contributed by atoms with Gasteiger partial charge in [-0.2, -0.15) is 5.10 Å². The molecule has 6 heteroatoms. The molecule has 1 aliphatic heterocycles. The number of amidine groups is 1. The van der Waals surface area contributed by atoms with Gasteiger partial charge in [0, 0.05) is 0 Å². The standard InChI is InChI=1S/C26H23N3O2S/c1-19(15-21-10-4-3-5-11-21)17-27-28-26-29(18-23-13-8-14-31-23)25(30)24(32-26)16-22-12-7-6-9-20(22)2/h3-17H,18H2,1-2H3/b19-15+,24-16-,27-17+,28-26-. The summed E-state index contributed by atoms with van der Waals surface area (Å²) in [6.45, 7) is 4.29. The summed E-state index contributed by atoms with van der Waals surface area (Å²) in [5.41, 5.74) is 4.17. The van der Waals surface area contributed by atoms with Crippen molar-refractivity contribution >= 4 is 41.2 Å². The van der Waals surface area contributed by atoms with Crippen LogP contribution in [0.3, 0.4) is 0 Å². The highest BCUT2D eigenvalue weighted by Gasteiger charge is 2.34. The van der Waals surface area contributed by atoms with Crippen LogP contribution in [0.5, 0.6) is 0 Å². The van der Waals surface area contributed by atoms with Crippen molar-refractivity contribution in [2.75, 3.05) is 0 Å². The number of thioether (sulfide) groups is 1. The lowest BCUT2D eigenvalue weighted by atomic mass is 10.1. The number of amides is 1. The highest BCUT2D eigenvalue weighted by molar-refractivity contribution is 8.18. The Morgan fingerprint density at radius 2 is 1.84 bits per heavy atom. The highest BCUT2D eigenvalue weighted by atomic mass is 32.2. The van der Waals surface area contributed by atoms with E-state index in [1.165, 1.54) is 11.8 Å². The summed E-state index contributed by atoms with van der Waals surface area (Å²) in [4.78, 5) is 15.4. The lowest BCUT2D eigenvalue weighted by molar-refractivity contribution is -0.122. The summed E-state index contributed by atoms with van der Waals surface area (Å²) in [5.74, 6) is 0.577. The first-order valence-corrected chi connectivity index (χ1v) is 11.1. The zero-order valence-electron chi connectivity index (χ0n) is 17.9. The third kappa shape index (κ3) is 5.34. The fraction of sp³-hybridized carbons (Fsp3) is 0.115. The van der Waals surface area contributed by atoms with Crippen LogP contribution in [0.1, 0.15) is 29.4 Å². The van der Waals surface area contributed by atoms with Crippen LogP contribution in [0.2, 0.25) is 0 Å². The number of allylic oxidation sites excluding steroid dienone is 1. The van der Waals surface area contributed by atoms with Gasteiger partial charge in [-0.15, -0.1) is 5.10 Å². The molecule has 5 nitrogen and oxygen atoms in total. The second kappa shape index (κ2) is 10.1. The van der Waals surface area contributed by atoms with Gasteiger partial charge < -0.3 is 4.42 Å². The van der Waals surface area contributed by atoms with Crippen molar-refractivity contribution in [2.24, 2.45) is 10.2 Å². The molecule has 0 N–H and O–H groups in total. The molecule has 1 amide bonds. The fourth-order valence-corrected chi connectivity index (χ4v) is 4.11. The van der Waals surface area contributed by atoms with E-state index in [9.17, 15) is 4.79 Å². The van der Waals surface area contributed by atoms with Crippen LogP contribution < -0.4 is 0 Å². The van der Waals surface area contributed by atoms with Crippen LogP contribution in [0.15, 0.2) is 98.1 Å². The molecule has 32 heavy (non-hydrogen) atoms. The molecule has 1 aliphatic rings. The van der Waals surface area contributed by atoms with Crippen LogP contribution in [0.25, 0.3) is 12.2 Å². The topological polar surface area (TPSA) is 58.2 Å². The monoisotopic (exact) mass is 441 g/mol. The van der Waals surface area contributed by atoms with Gasteiger partial charge in [0.25, 0.3) is 5.91 Å². The van der Waals surface area contributed by atoms with Crippen molar-refractivity contribution in [2.45, 2.75) is 20.4 Å². The third-order valence-corrected chi connectivity index (χ3v) is 5.85. The minimum Gasteiger partial charge on any atom is -0.467 e. The van der Waals surface area contributed by atoms with Gasteiger partial charge >= 0.3 is 0 Å². The normalized spacial score (nSPS) is 17.2. The van der Waals surface area contributed by atoms with Crippen LogP contribution in [0, 0.1) is 6.92 Å². The second-order valence-corrected chi connectivity index (χ2v) is 8.37. The zero-order valence-corrected chi connectivity index (χ0v) is 18.8. The first-order chi connectivity index (χ1) is 15.6. The molecule has 0 aliphatic carbocycles. The summed E-state index contributed by atoms with van der Waals surface area (Å²) in [6.07, 6.45) is 7.23. The summed E-state index contributed by atoms with van der Waals surface area (Å²) in [6, 6.07) is 21.6. The Morgan fingerprint density at radius 1 is 1.06 bits per heavy atom. The van der Waals surface area contributed by atoms with Gasteiger partial charge in [0.15, 0.2) is 5.17 Å². The lowest BCUT2D eigenvalue weighted by Gasteiger charge is -2.12. The van der Waals surface area contributed by atoms with E-state index in [2.05, 4.69) is 10.2 Å². The van der Waals surface area contributed by atoms with Crippen molar-refractivity contribution in [1.82, 2.24) is 4.90 Å². The molecular weight excluding hydrogens is 418 g/mol. The van der Waals surface area contributed by atoms with Gasteiger partial charge in [-0.25, -0.2) is 0 Å². The van der Waals surface area contributed by atoms with Gasteiger partial charge in [0.05, 0.1) is 23.9 Å². The van der Waals surface area contributed by atoms with Crippen LogP contribution in [-0.4, -0.2) is 22.2 Å². The number of rotatable bonds is 6. The van der Waals surface area contributed by atoms with Crippen LogP contribution in [0.4, 0.5) is 0 Å². The molecule has 0 bridgehead atoms. The number of benzene rings is 2. The van der Waals surface area contributed by atoms with E-state index in [0.29, 0.717) is 22.4 Å². The van der Waals surface area contributed by atoms with Crippen LogP contribution >= 0.6 is 11.8 Å². The van der Waals surface area contributed by atoms with E-state index in [-0.39, 0.29) is 5.91 Å². The molecule has 160 valence electrons. The summed E-state index contributed by atoms with van der Waals surface area (Å²) in [7, 11) is 0. The Kier molecular flexibility index (Phi) is 6.82. The largest absolute Gasteiger partial charge is 0.467 e. The van der Waals surface area contributed by atoms with E-state index >= 15 is 0 Å². The Labute approximate surface area is 191 Å². The Balaban J connectivity index is 1.59. The summed E-state index contributed by atoms with van der Waals surface area (Å²) in [5, 5.41) is 9.13. The molecule has 3 aromatic rings. The molecule has 1 fully saturated rings. The predicted molar refractivity (Wildman–Crippen MR) is 132 cm³/mol. The average Bonchev–Trinajstić information content (AvgIpc) is 3.40. The zero-order chi connectivity index (χ0) is 22.3. The van der Waals surface area contributed by atoms with E-state index < -0.39 is 0 Å². The van der Waals surface area contributed by atoms with E-state index in [1.54, 1.807) is 23.4 Å². The van der Waals surface area contributed by atoms with Gasteiger partial charge in [-0.1, -0.05) is 60.7 Å². The first kappa shape index (κ1) is 21.6. The number of hydrogen-bond donors (Lipinski definition) is 0. The predicted octanol–water partition coefficient (Wildman–Crippen LogP) is 6.15. The molecule has 0 spiro atoms. The molecule has 0 unspecified atom stereocenters. The van der Waals surface area contributed by atoms with Crippen molar-refractivity contribution in [3.8, 4) is 0 Å². The Hall–Kier alpha value is -3.64. The van der Waals surface area contributed by atoms with Crippen molar-refractivity contribution in [3.63, 3.8) is 0 Å². The third-order valence-electron chi connectivity index (χ3n) is 4.86. The SMILES string of the molecule is CC(/C=N/N=C1\S/C(=C\c2ccccc2C)C(=O)N1Cc1ccco1)=C\c1ccccc1. The number of carbonyl (C=O) groups is 1. The summed E-state index contributed by atoms with van der Waals surface area (Å²) >= 11 is 1.32. The molecule has 0 atom stereocenters. The Morgan fingerprint density at radius 3 is 2.59 bits per heavy atom. The maximum Gasteiger partial charge on any atom is 0.267 e. The molecule has 2 heterocycles. The smallest absolute Gasteiger partial charge is 0.267 e. The average molecular weight is 442 g/mol. The van der Waals surface area contributed by atoms with E-state index in [4.69, 9.17) is 4.42 Å². The second-order valence-electron chi connectivity index (χ2n) is 7.36.